The standard InChI is InChI=1S/C4H9F.H3N.3H2O/c1-2-3-4-5;;;;/h2-4H2,1H3;1H3;3*1H2. The summed E-state index contributed by atoms with van der Waals surface area (Å²) in [5, 5.41) is 0. The highest BCUT2D eigenvalue weighted by atomic mass is 19.1. The van der Waals surface area contributed by atoms with Crippen LogP contribution in [0.3, 0.4) is 0 Å². The summed E-state index contributed by atoms with van der Waals surface area (Å²) in [6.45, 7) is 1.82. The molecule has 0 aromatic heterocycles. The van der Waals surface area contributed by atoms with Crippen molar-refractivity contribution >= 4 is 0 Å². The van der Waals surface area contributed by atoms with Gasteiger partial charge in [-0.2, -0.15) is 0 Å². The van der Waals surface area contributed by atoms with E-state index in [-0.39, 0.29) is 29.3 Å². The van der Waals surface area contributed by atoms with Gasteiger partial charge in [0.1, 0.15) is 0 Å². The van der Waals surface area contributed by atoms with Crippen molar-refractivity contribution in [2.75, 3.05) is 6.67 Å². The molecule has 0 amide bonds. The van der Waals surface area contributed by atoms with Gasteiger partial charge in [-0.25, -0.2) is 0 Å². The highest BCUT2D eigenvalue weighted by molar-refractivity contribution is 4.23. The quantitative estimate of drug-likeness (QED) is 0.551. The van der Waals surface area contributed by atoms with Gasteiger partial charge < -0.3 is 22.6 Å². The third-order valence-corrected chi connectivity index (χ3v) is 0.487. The second-order valence-electron chi connectivity index (χ2n) is 1.04. The normalized spacial score (nSPS) is 4.67. The van der Waals surface area contributed by atoms with Crippen molar-refractivity contribution in [1.82, 2.24) is 6.15 Å². The largest absolute Gasteiger partial charge is 0.412 e. The first-order chi connectivity index (χ1) is 2.41. The summed E-state index contributed by atoms with van der Waals surface area (Å²) in [6, 6.07) is 0. The number of halogens is 1. The van der Waals surface area contributed by atoms with E-state index in [1.807, 2.05) is 6.92 Å². The van der Waals surface area contributed by atoms with Gasteiger partial charge >= 0.3 is 0 Å². The predicted molar refractivity (Wildman–Crippen MR) is 36.7 cm³/mol. The third-order valence-electron chi connectivity index (χ3n) is 0.487. The summed E-state index contributed by atoms with van der Waals surface area (Å²) in [7, 11) is 0. The van der Waals surface area contributed by atoms with E-state index in [1.54, 1.807) is 0 Å². The Morgan fingerprint density at radius 3 is 1.44 bits per heavy atom. The van der Waals surface area contributed by atoms with Gasteiger partial charge in [0, 0.05) is 0 Å². The fourth-order valence-corrected chi connectivity index (χ4v) is 0.134. The van der Waals surface area contributed by atoms with Gasteiger partial charge in [-0.3, -0.25) is 4.39 Å². The van der Waals surface area contributed by atoms with Gasteiger partial charge in [-0.15, -0.1) is 0 Å². The van der Waals surface area contributed by atoms with Gasteiger partial charge in [0.05, 0.1) is 6.67 Å². The molecule has 0 aliphatic carbocycles. The van der Waals surface area contributed by atoms with E-state index in [9.17, 15) is 4.39 Å². The molecule has 4 nitrogen and oxygen atoms in total. The Balaban J connectivity index is -0.0000000133. The lowest BCUT2D eigenvalue weighted by atomic mass is 10.4. The molecule has 0 saturated carbocycles. The minimum absolute atomic E-state index is 0. The van der Waals surface area contributed by atoms with Gasteiger partial charge in [-0.1, -0.05) is 13.3 Å². The van der Waals surface area contributed by atoms with E-state index in [4.69, 9.17) is 0 Å². The van der Waals surface area contributed by atoms with E-state index < -0.39 is 0 Å². The van der Waals surface area contributed by atoms with Crippen LogP contribution < -0.4 is 6.15 Å². The summed E-state index contributed by atoms with van der Waals surface area (Å²) in [5.41, 5.74) is 0. The van der Waals surface area contributed by atoms with E-state index in [0.717, 1.165) is 12.8 Å². The molecule has 0 aliphatic heterocycles. The summed E-state index contributed by atoms with van der Waals surface area (Å²) in [6.07, 6.45) is 1.69. The lowest BCUT2D eigenvalue weighted by molar-refractivity contribution is 0.469. The Hall–Kier alpha value is -0.230. The first-order valence-corrected chi connectivity index (χ1v) is 1.97. The predicted octanol–water partition coefficient (Wildman–Crippen LogP) is -0.556. The Bertz CT molecular complexity index is 23.3. The molecule has 0 saturated heterocycles. The number of unbranched alkanes of at least 4 members (excludes halogenated alkanes) is 1. The van der Waals surface area contributed by atoms with Crippen molar-refractivity contribution in [2.45, 2.75) is 19.8 Å². The SMILES string of the molecule is CCCCF.N.O.O.O. The smallest absolute Gasteiger partial charge is 0.0894 e. The molecule has 9 N–H and O–H groups in total. The molecular weight excluding hydrogens is 129 g/mol. The van der Waals surface area contributed by atoms with E-state index in [2.05, 4.69) is 0 Å². The van der Waals surface area contributed by atoms with Crippen LogP contribution in [0.1, 0.15) is 19.8 Å². The fraction of sp³-hybridized carbons (Fsp3) is 1.00. The van der Waals surface area contributed by atoms with Crippen molar-refractivity contribution in [1.29, 1.82) is 0 Å². The van der Waals surface area contributed by atoms with Crippen LogP contribution in [0.2, 0.25) is 0 Å². The first-order valence-electron chi connectivity index (χ1n) is 1.97. The molecule has 0 atom stereocenters. The van der Waals surface area contributed by atoms with Crippen LogP contribution in [-0.2, 0) is 0 Å². The zero-order valence-corrected chi connectivity index (χ0v) is 5.71. The molecule has 9 heavy (non-hydrogen) atoms. The average molecular weight is 147 g/mol. The molecule has 0 unspecified atom stereocenters. The maximum atomic E-state index is 11.0. The van der Waals surface area contributed by atoms with Gasteiger partial charge in [0.2, 0.25) is 0 Å². The van der Waals surface area contributed by atoms with E-state index in [0.29, 0.717) is 0 Å². The second kappa shape index (κ2) is 46.4. The number of hydrogen-bond acceptors (Lipinski definition) is 1. The van der Waals surface area contributed by atoms with Crippen LogP contribution in [0.5, 0.6) is 0 Å². The Morgan fingerprint density at radius 1 is 1.11 bits per heavy atom. The molecule has 0 fully saturated rings. The van der Waals surface area contributed by atoms with Crippen LogP contribution in [0, 0.1) is 0 Å². The minimum atomic E-state index is -0.156. The topological polar surface area (TPSA) is 130 Å². The summed E-state index contributed by atoms with van der Waals surface area (Å²) in [5.74, 6) is 0. The lowest BCUT2D eigenvalue weighted by Gasteiger charge is -1.76. The van der Waals surface area contributed by atoms with Gasteiger partial charge in [0.15, 0.2) is 0 Å². The highest BCUT2D eigenvalue weighted by Gasteiger charge is 1.71. The van der Waals surface area contributed by atoms with Crippen LogP contribution in [0.4, 0.5) is 4.39 Å². The molecule has 0 aromatic carbocycles. The molecule has 0 heterocycles. The van der Waals surface area contributed by atoms with Gasteiger partial charge in [-0.05, 0) is 6.42 Å². The highest BCUT2D eigenvalue weighted by Crippen LogP contribution is 1.83. The third kappa shape index (κ3) is 82.6. The van der Waals surface area contributed by atoms with Crippen molar-refractivity contribution in [3.05, 3.63) is 0 Å². The summed E-state index contributed by atoms with van der Waals surface area (Å²) in [4.78, 5) is 0. The Kier molecular flexibility index (Phi) is 192. The Morgan fingerprint density at radius 2 is 1.44 bits per heavy atom. The fourth-order valence-electron chi connectivity index (χ4n) is 0.134. The van der Waals surface area contributed by atoms with E-state index in [1.165, 1.54) is 0 Å². The molecule has 0 radical (unpaired) electrons. The second-order valence-corrected chi connectivity index (χ2v) is 1.04. The van der Waals surface area contributed by atoms with Gasteiger partial charge in [0.25, 0.3) is 0 Å². The molecule has 5 heteroatoms. The maximum absolute atomic E-state index is 11.0. The minimum Gasteiger partial charge on any atom is -0.412 e. The van der Waals surface area contributed by atoms with Crippen LogP contribution in [-0.4, -0.2) is 23.1 Å². The number of hydrogen-bond donors (Lipinski definition) is 1. The summed E-state index contributed by atoms with van der Waals surface area (Å²) >= 11 is 0. The molecule has 0 spiro atoms. The van der Waals surface area contributed by atoms with Crippen molar-refractivity contribution in [3.8, 4) is 0 Å². The Labute approximate surface area is 54.6 Å². The lowest BCUT2D eigenvalue weighted by Crippen LogP contribution is -1.67. The monoisotopic (exact) mass is 147 g/mol. The average Bonchev–Trinajstić information content (AvgIpc) is 1.41. The molecule has 64 valence electrons. The van der Waals surface area contributed by atoms with Crippen molar-refractivity contribution in [3.63, 3.8) is 0 Å². The first kappa shape index (κ1) is 37.3. The number of alkyl halides is 1. The zero-order chi connectivity index (χ0) is 4.12. The van der Waals surface area contributed by atoms with Crippen molar-refractivity contribution in [2.24, 2.45) is 0 Å². The van der Waals surface area contributed by atoms with Crippen LogP contribution >= 0.6 is 0 Å². The zero-order valence-electron chi connectivity index (χ0n) is 5.71. The summed E-state index contributed by atoms with van der Waals surface area (Å²) < 4.78 is 11.0. The molecular formula is C4H18FNO3. The molecule has 0 aliphatic rings. The molecule has 0 aromatic rings. The van der Waals surface area contributed by atoms with Crippen LogP contribution in [0.15, 0.2) is 0 Å². The van der Waals surface area contributed by atoms with E-state index >= 15 is 0 Å². The maximum Gasteiger partial charge on any atom is 0.0894 e. The van der Waals surface area contributed by atoms with Crippen LogP contribution in [0.25, 0.3) is 0 Å². The number of rotatable bonds is 2. The van der Waals surface area contributed by atoms with Crippen molar-refractivity contribution < 1.29 is 20.8 Å². The molecule has 0 rings (SSSR count). The molecule has 0 bridgehead atoms.